The Labute approximate surface area is 96.2 Å². The maximum Gasteiger partial charge on any atom is 0.244 e. The van der Waals surface area contributed by atoms with Crippen molar-refractivity contribution in [2.45, 2.75) is 24.8 Å². The highest BCUT2D eigenvalue weighted by molar-refractivity contribution is 7.89. The van der Waals surface area contributed by atoms with Crippen molar-refractivity contribution in [3.8, 4) is 6.07 Å². The lowest BCUT2D eigenvalue weighted by Crippen LogP contribution is -2.34. The van der Waals surface area contributed by atoms with Gasteiger partial charge in [0.05, 0.1) is 11.0 Å². The number of aryl methyl sites for hydroxylation is 1. The van der Waals surface area contributed by atoms with Crippen molar-refractivity contribution in [1.29, 1.82) is 5.26 Å². The van der Waals surface area contributed by atoms with E-state index >= 15 is 0 Å². The Balaban J connectivity index is 3.18. The van der Waals surface area contributed by atoms with Crippen LogP contribution in [0.5, 0.6) is 0 Å². The average Bonchev–Trinajstić information content (AvgIpc) is 2.27. The van der Waals surface area contributed by atoms with Crippen molar-refractivity contribution < 1.29 is 8.42 Å². The second-order valence-electron chi connectivity index (χ2n) is 3.64. The van der Waals surface area contributed by atoms with E-state index in [9.17, 15) is 8.42 Å². The molecule has 5 heteroatoms. The Morgan fingerprint density at radius 2 is 2.06 bits per heavy atom. The maximum absolute atomic E-state index is 12.1. The minimum atomic E-state index is -3.56. The molecule has 1 rings (SSSR count). The predicted molar refractivity (Wildman–Crippen MR) is 61.2 cm³/mol. The summed E-state index contributed by atoms with van der Waals surface area (Å²) in [6, 6.07) is 7.86. The van der Waals surface area contributed by atoms with Crippen LogP contribution in [0.1, 0.15) is 12.5 Å². The standard InChI is InChI=1S/C11H14N2O2S/c1-9-5-4-6-11(7-9)16(14,15)13(3)10(2)8-12/h4-7,10H,1-3H3. The molecule has 0 N–H and O–H groups in total. The van der Waals surface area contributed by atoms with Gasteiger partial charge >= 0.3 is 0 Å². The van der Waals surface area contributed by atoms with E-state index in [1.165, 1.54) is 13.1 Å². The molecule has 0 saturated carbocycles. The van der Waals surface area contributed by atoms with Gasteiger partial charge in [-0.15, -0.1) is 0 Å². The number of hydrogen-bond acceptors (Lipinski definition) is 3. The summed E-state index contributed by atoms with van der Waals surface area (Å²) in [5.74, 6) is 0. The summed E-state index contributed by atoms with van der Waals surface area (Å²) in [6.45, 7) is 3.38. The highest BCUT2D eigenvalue weighted by atomic mass is 32.2. The third-order valence-electron chi connectivity index (χ3n) is 2.40. The fourth-order valence-electron chi connectivity index (χ4n) is 1.23. The monoisotopic (exact) mass is 238 g/mol. The molecule has 1 atom stereocenters. The molecule has 0 saturated heterocycles. The number of hydrogen-bond donors (Lipinski definition) is 0. The van der Waals surface area contributed by atoms with Gasteiger partial charge in [-0.3, -0.25) is 0 Å². The first kappa shape index (κ1) is 12.7. The Morgan fingerprint density at radius 3 is 2.56 bits per heavy atom. The van der Waals surface area contributed by atoms with Crippen LogP contribution in [0.15, 0.2) is 29.2 Å². The van der Waals surface area contributed by atoms with Gasteiger partial charge in [-0.25, -0.2) is 8.42 Å². The van der Waals surface area contributed by atoms with Crippen LogP contribution in [0.25, 0.3) is 0 Å². The third-order valence-corrected chi connectivity index (χ3v) is 4.32. The first-order valence-corrected chi connectivity index (χ1v) is 6.28. The van der Waals surface area contributed by atoms with E-state index in [0.29, 0.717) is 0 Å². The van der Waals surface area contributed by atoms with Crippen molar-refractivity contribution in [3.05, 3.63) is 29.8 Å². The van der Waals surface area contributed by atoms with Crippen molar-refractivity contribution in [2.24, 2.45) is 0 Å². The van der Waals surface area contributed by atoms with Gasteiger partial charge in [0.15, 0.2) is 0 Å². The maximum atomic E-state index is 12.1. The molecule has 0 fully saturated rings. The quantitative estimate of drug-likeness (QED) is 0.802. The zero-order valence-corrected chi connectivity index (χ0v) is 10.3. The average molecular weight is 238 g/mol. The van der Waals surface area contributed by atoms with Crippen molar-refractivity contribution >= 4 is 10.0 Å². The smallest absolute Gasteiger partial charge is 0.207 e. The van der Waals surface area contributed by atoms with Crippen LogP contribution >= 0.6 is 0 Å². The molecular weight excluding hydrogens is 224 g/mol. The summed E-state index contributed by atoms with van der Waals surface area (Å²) < 4.78 is 25.2. The summed E-state index contributed by atoms with van der Waals surface area (Å²) in [5, 5.41) is 8.71. The summed E-state index contributed by atoms with van der Waals surface area (Å²) in [4.78, 5) is 0.220. The van der Waals surface area contributed by atoms with E-state index in [2.05, 4.69) is 0 Å². The normalized spacial score (nSPS) is 13.4. The number of nitrogens with zero attached hydrogens (tertiary/aromatic N) is 2. The van der Waals surface area contributed by atoms with Crippen LogP contribution in [-0.4, -0.2) is 25.8 Å². The van der Waals surface area contributed by atoms with Gasteiger partial charge in [0.1, 0.15) is 6.04 Å². The van der Waals surface area contributed by atoms with Gasteiger partial charge in [-0.1, -0.05) is 12.1 Å². The van der Waals surface area contributed by atoms with Crippen LogP contribution in [0.3, 0.4) is 0 Å². The predicted octanol–water partition coefficient (Wildman–Crippen LogP) is 1.53. The Hall–Kier alpha value is -1.38. The molecule has 4 nitrogen and oxygen atoms in total. The molecule has 0 radical (unpaired) electrons. The zero-order chi connectivity index (χ0) is 12.3. The Morgan fingerprint density at radius 1 is 1.44 bits per heavy atom. The second-order valence-corrected chi connectivity index (χ2v) is 5.64. The molecule has 1 aromatic rings. The van der Waals surface area contributed by atoms with Crippen molar-refractivity contribution in [1.82, 2.24) is 4.31 Å². The molecule has 16 heavy (non-hydrogen) atoms. The lowest BCUT2D eigenvalue weighted by molar-refractivity contribution is 0.442. The highest BCUT2D eigenvalue weighted by Crippen LogP contribution is 2.17. The molecule has 0 bridgehead atoms. The van der Waals surface area contributed by atoms with E-state index < -0.39 is 16.1 Å². The minimum absolute atomic E-state index is 0.220. The highest BCUT2D eigenvalue weighted by Gasteiger charge is 2.24. The molecule has 0 aliphatic rings. The Kier molecular flexibility index (Phi) is 3.68. The molecule has 0 amide bonds. The van der Waals surface area contributed by atoms with Crippen LogP contribution < -0.4 is 0 Å². The van der Waals surface area contributed by atoms with E-state index in [0.717, 1.165) is 9.87 Å². The van der Waals surface area contributed by atoms with Crippen LogP contribution in [0.2, 0.25) is 0 Å². The molecular formula is C11H14N2O2S. The molecule has 86 valence electrons. The topological polar surface area (TPSA) is 61.2 Å². The van der Waals surface area contributed by atoms with Crippen molar-refractivity contribution in [2.75, 3.05) is 7.05 Å². The van der Waals surface area contributed by atoms with Crippen LogP contribution in [0.4, 0.5) is 0 Å². The van der Waals surface area contributed by atoms with E-state index in [1.807, 2.05) is 19.1 Å². The number of sulfonamides is 1. The number of nitriles is 1. The molecule has 0 aliphatic carbocycles. The van der Waals surface area contributed by atoms with Gasteiger partial charge in [0.25, 0.3) is 0 Å². The number of rotatable bonds is 3. The molecule has 1 aromatic carbocycles. The van der Waals surface area contributed by atoms with Gasteiger partial charge in [-0.05, 0) is 31.5 Å². The lowest BCUT2D eigenvalue weighted by atomic mass is 10.2. The second kappa shape index (κ2) is 4.64. The Bertz CT molecular complexity index is 517. The fourth-order valence-corrected chi connectivity index (χ4v) is 2.61. The molecule has 0 aromatic heterocycles. The summed E-state index contributed by atoms with van der Waals surface area (Å²) in [6.07, 6.45) is 0. The van der Waals surface area contributed by atoms with Gasteiger partial charge in [-0.2, -0.15) is 9.57 Å². The van der Waals surface area contributed by atoms with E-state index in [4.69, 9.17) is 5.26 Å². The zero-order valence-electron chi connectivity index (χ0n) is 9.51. The summed E-state index contributed by atoms with van der Waals surface area (Å²) >= 11 is 0. The first-order valence-electron chi connectivity index (χ1n) is 4.84. The van der Waals surface area contributed by atoms with Crippen molar-refractivity contribution in [3.63, 3.8) is 0 Å². The van der Waals surface area contributed by atoms with Gasteiger partial charge in [0, 0.05) is 7.05 Å². The van der Waals surface area contributed by atoms with E-state index in [-0.39, 0.29) is 4.90 Å². The van der Waals surface area contributed by atoms with E-state index in [1.54, 1.807) is 19.1 Å². The molecule has 0 heterocycles. The minimum Gasteiger partial charge on any atom is -0.207 e. The largest absolute Gasteiger partial charge is 0.244 e. The van der Waals surface area contributed by atoms with Gasteiger partial charge < -0.3 is 0 Å². The SMILES string of the molecule is Cc1cccc(S(=O)(=O)N(C)C(C)C#N)c1. The van der Waals surface area contributed by atoms with Gasteiger partial charge in [0.2, 0.25) is 10.0 Å². The third kappa shape index (κ3) is 2.40. The molecule has 1 unspecified atom stereocenters. The fraction of sp³-hybridized carbons (Fsp3) is 0.364. The summed E-state index contributed by atoms with van der Waals surface area (Å²) in [5.41, 5.74) is 0.874. The lowest BCUT2D eigenvalue weighted by Gasteiger charge is -2.19. The van der Waals surface area contributed by atoms with Crippen LogP contribution in [-0.2, 0) is 10.0 Å². The first-order chi connectivity index (χ1) is 7.39. The summed E-state index contributed by atoms with van der Waals surface area (Å²) in [7, 11) is -2.15. The molecule has 0 aliphatic heterocycles. The number of benzene rings is 1. The van der Waals surface area contributed by atoms with Crippen LogP contribution in [0, 0.1) is 18.3 Å². The molecule has 0 spiro atoms.